The first-order valence-electron chi connectivity index (χ1n) is 10.7. The number of nitrogens with one attached hydrogen (secondary N) is 1. The number of aryl methyl sites for hydroxylation is 2. The third-order valence-corrected chi connectivity index (χ3v) is 6.74. The van der Waals surface area contributed by atoms with Gasteiger partial charge in [-0.05, 0) is 61.7 Å². The highest BCUT2D eigenvalue weighted by molar-refractivity contribution is 7.92. The number of benzene rings is 3. The van der Waals surface area contributed by atoms with E-state index in [-0.39, 0.29) is 11.9 Å². The van der Waals surface area contributed by atoms with Crippen LogP contribution in [0.2, 0.25) is 0 Å². The van der Waals surface area contributed by atoms with E-state index in [1.165, 1.54) is 11.4 Å². The second kappa shape index (κ2) is 10.1. The topological polar surface area (TPSA) is 75.7 Å². The van der Waals surface area contributed by atoms with Gasteiger partial charge in [-0.25, -0.2) is 8.42 Å². The zero-order chi connectivity index (χ0) is 24.2. The molecule has 0 aliphatic rings. The lowest BCUT2D eigenvalue weighted by Gasteiger charge is -2.24. The van der Waals surface area contributed by atoms with Gasteiger partial charge in [-0.1, -0.05) is 54.1 Å². The average molecular weight is 467 g/mol. The number of carbonyl (C=O) groups excluding carboxylic acids is 1. The van der Waals surface area contributed by atoms with Gasteiger partial charge >= 0.3 is 0 Å². The maximum atomic E-state index is 13.1. The number of hydrogen-bond donors (Lipinski definition) is 1. The van der Waals surface area contributed by atoms with Gasteiger partial charge < -0.3 is 10.1 Å². The zero-order valence-electron chi connectivity index (χ0n) is 19.6. The molecule has 0 aliphatic heterocycles. The molecule has 174 valence electrons. The summed E-state index contributed by atoms with van der Waals surface area (Å²) < 4.78 is 30.4. The molecule has 0 heterocycles. The number of nitrogens with zero attached hydrogens (tertiary/aromatic N) is 1. The number of anilines is 1. The average Bonchev–Trinajstić information content (AvgIpc) is 2.77. The van der Waals surface area contributed by atoms with E-state index in [0.29, 0.717) is 11.4 Å². The molecule has 2 atom stereocenters. The van der Waals surface area contributed by atoms with Crippen molar-refractivity contribution in [2.45, 2.75) is 32.9 Å². The first-order chi connectivity index (χ1) is 15.6. The Kier molecular flexibility index (Phi) is 7.43. The van der Waals surface area contributed by atoms with Gasteiger partial charge in [0.05, 0.1) is 18.0 Å². The summed E-state index contributed by atoms with van der Waals surface area (Å²) in [6.07, 6.45) is 0.392. The van der Waals surface area contributed by atoms with Crippen molar-refractivity contribution in [3.63, 3.8) is 0 Å². The van der Waals surface area contributed by atoms with Crippen molar-refractivity contribution in [1.29, 1.82) is 0 Å². The van der Waals surface area contributed by atoms with Crippen molar-refractivity contribution in [3.05, 3.63) is 95.1 Å². The van der Waals surface area contributed by atoms with E-state index in [1.807, 2.05) is 56.3 Å². The maximum absolute atomic E-state index is 13.1. The summed E-state index contributed by atoms with van der Waals surface area (Å²) >= 11 is 0. The molecule has 0 aromatic heterocycles. The van der Waals surface area contributed by atoms with Crippen LogP contribution in [-0.4, -0.2) is 33.7 Å². The quantitative estimate of drug-likeness (QED) is 0.535. The lowest BCUT2D eigenvalue weighted by molar-refractivity contribution is -0.127. The van der Waals surface area contributed by atoms with Crippen LogP contribution < -0.4 is 14.4 Å². The predicted octanol–water partition coefficient (Wildman–Crippen LogP) is 4.37. The molecule has 33 heavy (non-hydrogen) atoms. The summed E-state index contributed by atoms with van der Waals surface area (Å²) in [4.78, 5) is 13.1. The van der Waals surface area contributed by atoms with Crippen LogP contribution >= 0.6 is 0 Å². The summed E-state index contributed by atoms with van der Waals surface area (Å²) in [5, 5.41) is 3.13. The third kappa shape index (κ3) is 6.14. The van der Waals surface area contributed by atoms with Crippen LogP contribution in [0.4, 0.5) is 5.69 Å². The summed E-state index contributed by atoms with van der Waals surface area (Å²) in [6.45, 7) is 5.77. The van der Waals surface area contributed by atoms with Gasteiger partial charge in [0.15, 0.2) is 6.10 Å². The van der Waals surface area contributed by atoms with Gasteiger partial charge in [-0.2, -0.15) is 0 Å². The second-order valence-electron chi connectivity index (χ2n) is 8.20. The van der Waals surface area contributed by atoms with Crippen LogP contribution in [0.25, 0.3) is 0 Å². The second-order valence-corrected chi connectivity index (χ2v) is 10.2. The van der Waals surface area contributed by atoms with E-state index < -0.39 is 16.1 Å². The Morgan fingerprint density at radius 3 is 2.18 bits per heavy atom. The van der Waals surface area contributed by atoms with Crippen LogP contribution in [-0.2, 0) is 14.8 Å². The monoisotopic (exact) mass is 466 g/mol. The van der Waals surface area contributed by atoms with E-state index >= 15 is 0 Å². The molecule has 3 rings (SSSR count). The van der Waals surface area contributed by atoms with Gasteiger partial charge in [-0.15, -0.1) is 0 Å². The van der Waals surface area contributed by atoms with E-state index in [0.717, 1.165) is 28.5 Å². The van der Waals surface area contributed by atoms with Crippen molar-refractivity contribution >= 4 is 21.6 Å². The van der Waals surface area contributed by atoms with Crippen molar-refractivity contribution in [3.8, 4) is 5.75 Å². The number of ether oxygens (including phenoxy) is 1. The molecule has 6 nitrogen and oxygen atoms in total. The molecule has 0 aliphatic carbocycles. The molecule has 1 N–H and O–H groups in total. The zero-order valence-corrected chi connectivity index (χ0v) is 20.4. The van der Waals surface area contributed by atoms with Gasteiger partial charge in [0.1, 0.15) is 5.75 Å². The summed E-state index contributed by atoms with van der Waals surface area (Å²) in [7, 11) is -1.87. The van der Waals surface area contributed by atoms with Crippen molar-refractivity contribution in [2.24, 2.45) is 0 Å². The molecule has 0 saturated heterocycles. The summed E-state index contributed by atoms with van der Waals surface area (Å²) in [6, 6.07) is 22.3. The lowest BCUT2D eigenvalue weighted by atomic mass is 9.93. The van der Waals surface area contributed by atoms with Crippen LogP contribution in [0.1, 0.15) is 35.2 Å². The first-order valence-corrected chi connectivity index (χ1v) is 12.5. The Bertz CT molecular complexity index is 1210. The largest absolute Gasteiger partial charge is 0.481 e. The van der Waals surface area contributed by atoms with Crippen LogP contribution in [0.3, 0.4) is 0 Å². The number of carbonyl (C=O) groups is 1. The molecule has 0 spiro atoms. The van der Waals surface area contributed by atoms with Crippen molar-refractivity contribution in [1.82, 2.24) is 5.32 Å². The van der Waals surface area contributed by atoms with Gasteiger partial charge in [0, 0.05) is 7.05 Å². The highest BCUT2D eigenvalue weighted by atomic mass is 32.2. The summed E-state index contributed by atoms with van der Waals surface area (Å²) in [5.74, 6) is 0.229. The smallest absolute Gasteiger partial charge is 0.261 e. The highest BCUT2D eigenvalue weighted by Crippen LogP contribution is 2.26. The SMILES string of the molecule is Cc1ccc([C@H](NC(=O)[C@H](C)Oc2ccc(N(C)S(C)(=O)=O)cc2)c2ccccc2)c(C)c1. The minimum atomic E-state index is -3.35. The molecule has 3 aromatic rings. The molecule has 1 amide bonds. The fourth-order valence-corrected chi connectivity index (χ4v) is 4.08. The molecular formula is C26H30N2O4S. The fraction of sp³-hybridized carbons (Fsp3) is 0.269. The molecule has 0 radical (unpaired) electrons. The van der Waals surface area contributed by atoms with Crippen LogP contribution in [0.15, 0.2) is 72.8 Å². The molecule has 3 aromatic carbocycles. The van der Waals surface area contributed by atoms with Gasteiger partial charge in [0.25, 0.3) is 5.91 Å². The van der Waals surface area contributed by atoms with E-state index in [9.17, 15) is 13.2 Å². The third-order valence-electron chi connectivity index (χ3n) is 5.54. The minimum Gasteiger partial charge on any atom is -0.481 e. The molecular weight excluding hydrogens is 436 g/mol. The molecule has 0 bridgehead atoms. The molecule has 7 heteroatoms. The fourth-order valence-electron chi connectivity index (χ4n) is 3.58. The Hall–Kier alpha value is -3.32. The predicted molar refractivity (Wildman–Crippen MR) is 132 cm³/mol. The Morgan fingerprint density at radius 1 is 0.970 bits per heavy atom. The normalized spacial score (nSPS) is 13.1. The van der Waals surface area contributed by atoms with Gasteiger partial charge in [0.2, 0.25) is 10.0 Å². The standard InChI is InChI=1S/C26H30N2O4S/c1-18-11-16-24(19(2)17-18)25(21-9-7-6-8-10-21)27-26(29)20(3)32-23-14-12-22(13-15-23)28(4)33(5,30)31/h6-17,20,25H,1-5H3,(H,27,29)/t20-,25+/m0/s1. The van der Waals surface area contributed by atoms with Gasteiger partial charge in [-0.3, -0.25) is 9.10 Å². The highest BCUT2D eigenvalue weighted by Gasteiger charge is 2.23. The number of hydrogen-bond acceptors (Lipinski definition) is 4. The van der Waals surface area contributed by atoms with Crippen LogP contribution in [0, 0.1) is 13.8 Å². The number of rotatable bonds is 8. The molecule has 0 saturated carbocycles. The van der Waals surface area contributed by atoms with Crippen LogP contribution in [0.5, 0.6) is 5.75 Å². The van der Waals surface area contributed by atoms with Crippen molar-refractivity contribution in [2.75, 3.05) is 17.6 Å². The number of amides is 1. The Balaban J connectivity index is 1.77. The molecule has 0 fully saturated rings. The van der Waals surface area contributed by atoms with E-state index in [1.54, 1.807) is 31.2 Å². The Labute approximate surface area is 196 Å². The Morgan fingerprint density at radius 2 is 1.61 bits per heavy atom. The van der Waals surface area contributed by atoms with Crippen molar-refractivity contribution < 1.29 is 17.9 Å². The lowest BCUT2D eigenvalue weighted by Crippen LogP contribution is -2.39. The number of sulfonamides is 1. The first kappa shape index (κ1) is 24.3. The van der Waals surface area contributed by atoms with E-state index in [4.69, 9.17) is 4.74 Å². The summed E-state index contributed by atoms with van der Waals surface area (Å²) in [5.41, 5.74) is 4.79. The minimum absolute atomic E-state index is 0.249. The van der Waals surface area contributed by atoms with E-state index in [2.05, 4.69) is 11.4 Å². The molecule has 0 unspecified atom stereocenters. The maximum Gasteiger partial charge on any atom is 0.261 e.